The minimum Gasteiger partial charge on any atom is -0.493 e. The third-order valence-corrected chi connectivity index (χ3v) is 4.81. The van der Waals surface area contributed by atoms with E-state index < -0.39 is 0 Å². The lowest BCUT2D eigenvalue weighted by atomic mass is 10.1. The number of carbonyl (C=O) groups is 1. The Morgan fingerprint density at radius 3 is 2.54 bits per heavy atom. The van der Waals surface area contributed by atoms with Crippen LogP contribution < -0.4 is 30.0 Å². The van der Waals surface area contributed by atoms with Crippen molar-refractivity contribution >= 4 is 29.7 Å². The van der Waals surface area contributed by atoms with Crippen molar-refractivity contribution in [2.24, 2.45) is 0 Å². The Morgan fingerprint density at radius 1 is 1.11 bits per heavy atom. The van der Waals surface area contributed by atoms with Gasteiger partial charge >= 0.3 is 0 Å². The molecule has 0 aromatic heterocycles. The quantitative estimate of drug-likeness (QED) is 0.729. The smallest absolute Gasteiger partial charge is 0.255 e. The van der Waals surface area contributed by atoms with Crippen molar-refractivity contribution in [3.8, 4) is 23.0 Å². The van der Waals surface area contributed by atoms with Crippen molar-refractivity contribution in [2.45, 2.75) is 31.8 Å². The summed E-state index contributed by atoms with van der Waals surface area (Å²) in [6.45, 7) is 0.145. The topological polar surface area (TPSA) is 92.0 Å². The van der Waals surface area contributed by atoms with E-state index in [1.807, 2.05) is 0 Å². The van der Waals surface area contributed by atoms with Gasteiger partial charge in [-0.1, -0.05) is 0 Å². The molecule has 28 heavy (non-hydrogen) atoms. The number of hydrogen-bond acceptors (Lipinski definition) is 6. The first kappa shape index (κ1) is 19.9. The van der Waals surface area contributed by atoms with E-state index in [0.717, 1.165) is 12.8 Å². The molecule has 0 radical (unpaired) electrons. The van der Waals surface area contributed by atoms with Crippen molar-refractivity contribution < 1.29 is 23.7 Å². The van der Waals surface area contributed by atoms with Crippen LogP contribution in [0.4, 0.5) is 11.4 Å². The summed E-state index contributed by atoms with van der Waals surface area (Å²) in [6, 6.07) is 8.45. The van der Waals surface area contributed by atoms with Crippen LogP contribution in [0.15, 0.2) is 30.3 Å². The zero-order valence-corrected chi connectivity index (χ0v) is 16.3. The molecule has 2 aliphatic rings. The number of halogens is 1. The maximum atomic E-state index is 12.7. The molecule has 0 saturated heterocycles. The van der Waals surface area contributed by atoms with Gasteiger partial charge in [0, 0.05) is 17.7 Å². The first-order chi connectivity index (χ1) is 13.1. The van der Waals surface area contributed by atoms with Gasteiger partial charge < -0.3 is 30.0 Å². The second-order valence-electron chi connectivity index (χ2n) is 6.64. The number of nitrogens with one attached hydrogen (secondary N) is 1. The molecule has 4 rings (SSSR count). The molecule has 0 spiro atoms. The Hall–Kier alpha value is -2.80. The SMILES string of the molecule is COc1cc(C(=O)Nc2cc3c(cc2N)OCO3)ccc1OC1CCCC1.Cl. The van der Waals surface area contributed by atoms with Gasteiger partial charge in [-0.05, 0) is 43.9 Å². The van der Waals surface area contributed by atoms with Crippen LogP contribution in [-0.2, 0) is 0 Å². The van der Waals surface area contributed by atoms with E-state index in [1.54, 1.807) is 37.4 Å². The van der Waals surface area contributed by atoms with E-state index in [2.05, 4.69) is 5.32 Å². The van der Waals surface area contributed by atoms with Gasteiger partial charge in [0.15, 0.2) is 23.0 Å². The van der Waals surface area contributed by atoms with Crippen molar-refractivity contribution in [3.63, 3.8) is 0 Å². The summed E-state index contributed by atoms with van der Waals surface area (Å²) in [4.78, 5) is 12.7. The summed E-state index contributed by atoms with van der Waals surface area (Å²) in [7, 11) is 1.56. The summed E-state index contributed by atoms with van der Waals surface area (Å²) in [6.07, 6.45) is 4.69. The standard InChI is InChI=1S/C20H22N2O5.ClH/c1-24-17-8-12(6-7-16(17)27-13-4-2-3-5-13)20(23)22-15-10-19-18(9-14(15)21)25-11-26-19;/h6-10,13H,2-5,11,21H2,1H3,(H,22,23);1H. The molecule has 0 unspecified atom stereocenters. The minimum absolute atomic E-state index is 0. The molecule has 3 N–H and O–H groups in total. The van der Waals surface area contributed by atoms with Gasteiger partial charge in [0.05, 0.1) is 24.6 Å². The Labute approximate surface area is 169 Å². The highest BCUT2D eigenvalue weighted by Gasteiger charge is 2.21. The number of amides is 1. The predicted molar refractivity (Wildman–Crippen MR) is 108 cm³/mol. The maximum Gasteiger partial charge on any atom is 0.255 e. The zero-order valence-electron chi connectivity index (χ0n) is 15.5. The first-order valence-electron chi connectivity index (χ1n) is 8.99. The number of rotatable bonds is 5. The van der Waals surface area contributed by atoms with Crippen molar-refractivity contribution in [2.75, 3.05) is 25.0 Å². The van der Waals surface area contributed by atoms with Gasteiger partial charge in [-0.25, -0.2) is 0 Å². The number of ether oxygens (including phenoxy) is 4. The fourth-order valence-electron chi connectivity index (χ4n) is 3.35. The molecular weight excluding hydrogens is 384 g/mol. The summed E-state index contributed by atoms with van der Waals surface area (Å²) in [5.41, 5.74) is 7.31. The monoisotopic (exact) mass is 406 g/mol. The fourth-order valence-corrected chi connectivity index (χ4v) is 3.35. The Morgan fingerprint density at radius 2 is 1.82 bits per heavy atom. The molecule has 8 heteroatoms. The molecule has 1 aliphatic carbocycles. The number of nitrogen functional groups attached to an aromatic ring is 1. The molecule has 2 aromatic rings. The Bertz CT molecular complexity index is 868. The van der Waals surface area contributed by atoms with E-state index in [0.29, 0.717) is 39.9 Å². The number of methoxy groups -OCH3 is 1. The summed E-state index contributed by atoms with van der Waals surface area (Å²) in [5, 5.41) is 2.80. The number of carbonyl (C=O) groups excluding carboxylic acids is 1. The molecule has 150 valence electrons. The van der Waals surface area contributed by atoms with Crippen LogP contribution >= 0.6 is 12.4 Å². The highest BCUT2D eigenvalue weighted by molar-refractivity contribution is 6.06. The van der Waals surface area contributed by atoms with Gasteiger partial charge in [0.1, 0.15) is 0 Å². The van der Waals surface area contributed by atoms with E-state index in [1.165, 1.54) is 12.8 Å². The molecule has 7 nitrogen and oxygen atoms in total. The van der Waals surface area contributed by atoms with Gasteiger partial charge in [-0.3, -0.25) is 4.79 Å². The molecule has 1 saturated carbocycles. The van der Waals surface area contributed by atoms with Crippen LogP contribution in [0.2, 0.25) is 0 Å². The first-order valence-corrected chi connectivity index (χ1v) is 8.99. The lowest BCUT2D eigenvalue weighted by Gasteiger charge is -2.16. The number of benzene rings is 2. The summed E-state index contributed by atoms with van der Waals surface area (Å²) >= 11 is 0. The van der Waals surface area contributed by atoms with Crippen molar-refractivity contribution in [1.29, 1.82) is 0 Å². The molecular formula is C20H23ClN2O5. The van der Waals surface area contributed by atoms with Gasteiger partial charge in [-0.2, -0.15) is 0 Å². The third-order valence-electron chi connectivity index (χ3n) is 4.81. The number of hydrogen-bond donors (Lipinski definition) is 2. The molecule has 0 atom stereocenters. The van der Waals surface area contributed by atoms with Crippen LogP contribution in [-0.4, -0.2) is 25.9 Å². The van der Waals surface area contributed by atoms with Gasteiger partial charge in [0.25, 0.3) is 5.91 Å². The lowest BCUT2D eigenvalue weighted by molar-refractivity contribution is 0.102. The molecule has 1 fully saturated rings. The second kappa shape index (κ2) is 8.48. The summed E-state index contributed by atoms with van der Waals surface area (Å²) < 4.78 is 22.0. The van der Waals surface area contributed by atoms with Crippen molar-refractivity contribution in [3.05, 3.63) is 35.9 Å². The maximum absolute atomic E-state index is 12.7. The molecule has 0 bridgehead atoms. The van der Waals surface area contributed by atoms with Crippen LogP contribution in [0.3, 0.4) is 0 Å². The molecule has 1 aliphatic heterocycles. The lowest BCUT2D eigenvalue weighted by Crippen LogP contribution is -2.14. The number of nitrogens with two attached hydrogens (primary N) is 1. The predicted octanol–water partition coefficient (Wildman–Crippen LogP) is 4.00. The average molecular weight is 407 g/mol. The Balaban J connectivity index is 0.00000225. The van der Waals surface area contributed by atoms with Gasteiger partial charge in [-0.15, -0.1) is 12.4 Å². The largest absolute Gasteiger partial charge is 0.493 e. The normalized spacial score (nSPS) is 15.0. The van der Waals surface area contributed by atoms with E-state index in [-0.39, 0.29) is 31.2 Å². The van der Waals surface area contributed by atoms with E-state index in [4.69, 9.17) is 24.7 Å². The fraction of sp³-hybridized carbons (Fsp3) is 0.350. The van der Waals surface area contributed by atoms with Crippen LogP contribution in [0, 0.1) is 0 Å². The van der Waals surface area contributed by atoms with Gasteiger partial charge in [0.2, 0.25) is 6.79 Å². The van der Waals surface area contributed by atoms with Crippen LogP contribution in [0.5, 0.6) is 23.0 Å². The average Bonchev–Trinajstić information content (AvgIpc) is 3.34. The highest BCUT2D eigenvalue weighted by atomic mass is 35.5. The molecule has 1 heterocycles. The van der Waals surface area contributed by atoms with Crippen molar-refractivity contribution in [1.82, 2.24) is 0 Å². The summed E-state index contributed by atoms with van der Waals surface area (Å²) in [5.74, 6) is 2.01. The number of anilines is 2. The number of fused-ring (bicyclic) bond motifs is 1. The van der Waals surface area contributed by atoms with E-state index in [9.17, 15) is 4.79 Å². The Kier molecular flexibility index (Phi) is 6.04. The van der Waals surface area contributed by atoms with E-state index >= 15 is 0 Å². The third kappa shape index (κ3) is 4.04. The second-order valence-corrected chi connectivity index (χ2v) is 6.64. The molecule has 1 amide bonds. The highest BCUT2D eigenvalue weighted by Crippen LogP contribution is 2.38. The molecule has 2 aromatic carbocycles. The minimum atomic E-state index is -0.300. The van der Waals surface area contributed by atoms with Crippen LogP contribution in [0.1, 0.15) is 36.0 Å². The zero-order chi connectivity index (χ0) is 18.8. The van der Waals surface area contributed by atoms with Crippen LogP contribution in [0.25, 0.3) is 0 Å².